The van der Waals surface area contributed by atoms with E-state index < -0.39 is 17.4 Å². The zero-order valence-electron chi connectivity index (χ0n) is 9.94. The fourth-order valence-corrected chi connectivity index (χ4v) is 3.50. The summed E-state index contributed by atoms with van der Waals surface area (Å²) >= 11 is 0. The highest BCUT2D eigenvalue weighted by atomic mass is 32.2. The van der Waals surface area contributed by atoms with Gasteiger partial charge in [-0.1, -0.05) is 12.1 Å². The number of rotatable bonds is 3. The predicted octanol–water partition coefficient (Wildman–Crippen LogP) is 2.07. The topological polar surface area (TPSA) is 38.3 Å². The second-order valence-electron chi connectivity index (χ2n) is 4.34. The Labute approximate surface area is 107 Å². The first kappa shape index (κ1) is 13.4. The molecule has 1 aliphatic rings. The van der Waals surface area contributed by atoms with E-state index in [1.54, 1.807) is 12.1 Å². The average Bonchev–Trinajstić information content (AvgIpc) is 2.27. The summed E-state index contributed by atoms with van der Waals surface area (Å²) in [6.45, 7) is -0.825. The molecule has 0 bridgehead atoms. The fourth-order valence-electron chi connectivity index (χ4n) is 2.05. The number of hydrogen-bond acceptors (Lipinski definition) is 3. The summed E-state index contributed by atoms with van der Waals surface area (Å²) in [4.78, 5) is 0. The Hall–Kier alpha value is -1.01. The van der Waals surface area contributed by atoms with Crippen molar-refractivity contribution in [1.82, 2.24) is 5.32 Å². The Morgan fingerprint density at radius 3 is 2.56 bits per heavy atom. The minimum absolute atomic E-state index is 0.00943. The van der Waals surface area contributed by atoms with E-state index in [2.05, 4.69) is 10.1 Å². The number of ether oxygens (including phenoxy) is 1. The standard InChI is InChI=1S/C12H15F2NO2S/c1-8-6-18(16)7-11(15-8)9-2-4-10(5-3-9)17-12(13)14/h2-5,8,11-12,15H,6-7H2,1H3. The quantitative estimate of drug-likeness (QED) is 0.917. The molecule has 3 atom stereocenters. The predicted molar refractivity (Wildman–Crippen MR) is 66.3 cm³/mol. The van der Waals surface area contributed by atoms with Crippen LogP contribution in [0.2, 0.25) is 0 Å². The molecule has 1 fully saturated rings. The molecule has 3 unspecified atom stereocenters. The van der Waals surface area contributed by atoms with Crippen molar-refractivity contribution < 1.29 is 17.7 Å². The summed E-state index contributed by atoms with van der Waals surface area (Å²) in [6.07, 6.45) is 0. The lowest BCUT2D eigenvalue weighted by Crippen LogP contribution is -2.43. The Morgan fingerprint density at radius 1 is 1.33 bits per heavy atom. The first-order chi connectivity index (χ1) is 8.54. The van der Waals surface area contributed by atoms with Crippen LogP contribution in [0.15, 0.2) is 24.3 Å². The van der Waals surface area contributed by atoms with Gasteiger partial charge in [-0.3, -0.25) is 4.21 Å². The lowest BCUT2D eigenvalue weighted by atomic mass is 10.1. The molecule has 0 amide bonds. The van der Waals surface area contributed by atoms with Crippen LogP contribution >= 0.6 is 0 Å². The lowest BCUT2D eigenvalue weighted by molar-refractivity contribution is -0.0498. The summed E-state index contributed by atoms with van der Waals surface area (Å²) in [6, 6.07) is 6.67. The molecule has 1 N–H and O–H groups in total. The van der Waals surface area contributed by atoms with Crippen molar-refractivity contribution in [1.29, 1.82) is 0 Å². The molecule has 6 heteroatoms. The second kappa shape index (κ2) is 5.75. The molecule has 1 aliphatic heterocycles. The third-order valence-electron chi connectivity index (χ3n) is 2.78. The Bertz CT molecular complexity index is 425. The van der Waals surface area contributed by atoms with E-state index in [4.69, 9.17) is 0 Å². The maximum absolute atomic E-state index is 12.0. The molecule has 0 aliphatic carbocycles. The van der Waals surface area contributed by atoms with E-state index in [-0.39, 0.29) is 17.8 Å². The molecule has 0 spiro atoms. The molecule has 0 saturated carbocycles. The highest BCUT2D eigenvalue weighted by Crippen LogP contribution is 2.22. The van der Waals surface area contributed by atoms with Gasteiger partial charge in [0.05, 0.1) is 0 Å². The van der Waals surface area contributed by atoms with Crippen molar-refractivity contribution in [3.05, 3.63) is 29.8 Å². The zero-order chi connectivity index (χ0) is 13.1. The van der Waals surface area contributed by atoms with Crippen LogP contribution in [0.25, 0.3) is 0 Å². The van der Waals surface area contributed by atoms with Crippen LogP contribution in [0, 0.1) is 0 Å². The minimum Gasteiger partial charge on any atom is -0.435 e. The molecule has 0 radical (unpaired) electrons. The first-order valence-corrected chi connectivity index (χ1v) is 7.19. The van der Waals surface area contributed by atoms with E-state index >= 15 is 0 Å². The van der Waals surface area contributed by atoms with Crippen LogP contribution in [-0.4, -0.2) is 28.4 Å². The van der Waals surface area contributed by atoms with Crippen LogP contribution < -0.4 is 10.1 Å². The highest BCUT2D eigenvalue weighted by Gasteiger charge is 2.24. The third-order valence-corrected chi connectivity index (χ3v) is 4.36. The first-order valence-electron chi connectivity index (χ1n) is 5.70. The van der Waals surface area contributed by atoms with E-state index in [0.717, 1.165) is 5.56 Å². The van der Waals surface area contributed by atoms with Crippen molar-refractivity contribution >= 4 is 10.8 Å². The molecule has 1 heterocycles. The van der Waals surface area contributed by atoms with Gasteiger partial charge in [-0.05, 0) is 24.6 Å². The monoisotopic (exact) mass is 275 g/mol. The molecule has 1 aromatic rings. The minimum atomic E-state index is -2.81. The van der Waals surface area contributed by atoms with Crippen LogP contribution in [0.3, 0.4) is 0 Å². The van der Waals surface area contributed by atoms with Crippen LogP contribution in [0.4, 0.5) is 8.78 Å². The van der Waals surface area contributed by atoms with Gasteiger partial charge in [-0.15, -0.1) is 0 Å². The maximum atomic E-state index is 12.0. The summed E-state index contributed by atoms with van der Waals surface area (Å²) in [7, 11) is -0.829. The molecule has 2 rings (SSSR count). The summed E-state index contributed by atoms with van der Waals surface area (Å²) in [5.41, 5.74) is 0.941. The van der Waals surface area contributed by atoms with Crippen LogP contribution in [-0.2, 0) is 10.8 Å². The number of alkyl halides is 2. The molecular formula is C12H15F2NO2S. The van der Waals surface area contributed by atoms with Gasteiger partial charge in [0.15, 0.2) is 0 Å². The molecule has 18 heavy (non-hydrogen) atoms. The van der Waals surface area contributed by atoms with Crippen molar-refractivity contribution in [2.24, 2.45) is 0 Å². The van der Waals surface area contributed by atoms with Crippen molar-refractivity contribution in [3.63, 3.8) is 0 Å². The van der Waals surface area contributed by atoms with Gasteiger partial charge < -0.3 is 10.1 Å². The van der Waals surface area contributed by atoms with Gasteiger partial charge in [0.1, 0.15) is 5.75 Å². The number of nitrogens with one attached hydrogen (secondary N) is 1. The Balaban J connectivity index is 2.07. The van der Waals surface area contributed by atoms with Gasteiger partial charge in [0.2, 0.25) is 0 Å². The van der Waals surface area contributed by atoms with Crippen molar-refractivity contribution in [3.8, 4) is 5.75 Å². The zero-order valence-corrected chi connectivity index (χ0v) is 10.8. The van der Waals surface area contributed by atoms with Crippen molar-refractivity contribution in [2.45, 2.75) is 25.6 Å². The van der Waals surface area contributed by atoms with E-state index in [0.29, 0.717) is 11.5 Å². The SMILES string of the molecule is CC1CS(=O)CC(c2ccc(OC(F)F)cc2)N1. The second-order valence-corrected chi connectivity index (χ2v) is 5.89. The van der Waals surface area contributed by atoms with Crippen molar-refractivity contribution in [2.75, 3.05) is 11.5 Å². The fraction of sp³-hybridized carbons (Fsp3) is 0.500. The van der Waals surface area contributed by atoms with Gasteiger partial charge in [0, 0.05) is 34.4 Å². The molecular weight excluding hydrogens is 260 g/mol. The van der Waals surface area contributed by atoms with Crippen LogP contribution in [0.5, 0.6) is 5.75 Å². The maximum Gasteiger partial charge on any atom is 0.387 e. The van der Waals surface area contributed by atoms with E-state index in [1.807, 2.05) is 6.92 Å². The Kier molecular flexibility index (Phi) is 4.29. The normalized spacial score (nSPS) is 28.3. The Morgan fingerprint density at radius 2 is 2.00 bits per heavy atom. The van der Waals surface area contributed by atoms with Gasteiger partial charge >= 0.3 is 6.61 Å². The summed E-state index contributed by atoms with van der Waals surface area (Å²) in [5.74, 6) is 1.35. The molecule has 3 nitrogen and oxygen atoms in total. The number of benzene rings is 1. The molecule has 1 aromatic carbocycles. The smallest absolute Gasteiger partial charge is 0.387 e. The largest absolute Gasteiger partial charge is 0.435 e. The highest BCUT2D eigenvalue weighted by molar-refractivity contribution is 7.85. The number of halogens is 2. The summed E-state index contributed by atoms with van der Waals surface area (Å²) < 4.78 is 39.9. The van der Waals surface area contributed by atoms with Gasteiger partial charge in [-0.2, -0.15) is 8.78 Å². The van der Waals surface area contributed by atoms with Gasteiger partial charge in [-0.25, -0.2) is 0 Å². The average molecular weight is 275 g/mol. The molecule has 100 valence electrons. The van der Waals surface area contributed by atoms with Crippen LogP contribution in [0.1, 0.15) is 18.5 Å². The van der Waals surface area contributed by atoms with E-state index in [9.17, 15) is 13.0 Å². The lowest BCUT2D eigenvalue weighted by Gasteiger charge is -2.28. The van der Waals surface area contributed by atoms with E-state index in [1.165, 1.54) is 12.1 Å². The molecule has 1 saturated heterocycles. The molecule has 0 aromatic heterocycles. The summed E-state index contributed by atoms with van der Waals surface area (Å²) in [5, 5.41) is 3.34. The third kappa shape index (κ3) is 3.49. The number of hydrogen-bond donors (Lipinski definition) is 1. The van der Waals surface area contributed by atoms with Gasteiger partial charge in [0.25, 0.3) is 0 Å².